The summed E-state index contributed by atoms with van der Waals surface area (Å²) in [5.74, 6) is 0.300. The zero-order chi connectivity index (χ0) is 20.5. The first-order valence-electron chi connectivity index (χ1n) is 8.70. The molecule has 28 heavy (non-hydrogen) atoms. The third-order valence-corrected chi connectivity index (χ3v) is 3.76. The van der Waals surface area contributed by atoms with Gasteiger partial charge in [-0.15, -0.1) is 0 Å². The van der Waals surface area contributed by atoms with Crippen molar-refractivity contribution in [1.29, 1.82) is 0 Å². The number of hydrogen-bond acceptors (Lipinski definition) is 5. The molecule has 0 heterocycles. The Kier molecular flexibility index (Phi) is 7.76. The van der Waals surface area contributed by atoms with Crippen molar-refractivity contribution in [3.05, 3.63) is 48.3 Å². The Morgan fingerprint density at radius 3 is 2.46 bits per heavy atom. The van der Waals surface area contributed by atoms with Crippen molar-refractivity contribution in [1.82, 2.24) is 4.90 Å². The molecule has 0 spiro atoms. The van der Waals surface area contributed by atoms with Crippen molar-refractivity contribution in [3.63, 3.8) is 0 Å². The van der Waals surface area contributed by atoms with Gasteiger partial charge in [-0.1, -0.05) is 0 Å². The maximum Gasteiger partial charge on any atom is 0.238 e. The molecule has 2 aromatic rings. The van der Waals surface area contributed by atoms with E-state index in [4.69, 9.17) is 9.47 Å². The van der Waals surface area contributed by atoms with E-state index in [1.807, 2.05) is 0 Å². The molecule has 0 atom stereocenters. The van der Waals surface area contributed by atoms with Gasteiger partial charge >= 0.3 is 0 Å². The van der Waals surface area contributed by atoms with E-state index >= 15 is 0 Å². The quantitative estimate of drug-likeness (QED) is 0.689. The topological polar surface area (TPSA) is 79.9 Å². The van der Waals surface area contributed by atoms with Crippen LogP contribution in [-0.4, -0.2) is 50.6 Å². The highest BCUT2D eigenvalue weighted by molar-refractivity contribution is 5.95. The molecule has 0 aliphatic rings. The number of benzene rings is 2. The van der Waals surface area contributed by atoms with Crippen LogP contribution in [0.2, 0.25) is 0 Å². The number of ether oxygens (including phenoxy) is 2. The van der Waals surface area contributed by atoms with Crippen LogP contribution in [0.25, 0.3) is 0 Å². The fourth-order valence-corrected chi connectivity index (χ4v) is 2.45. The van der Waals surface area contributed by atoms with Gasteiger partial charge in [-0.05, 0) is 49.5 Å². The van der Waals surface area contributed by atoms with Crippen molar-refractivity contribution < 1.29 is 23.5 Å². The molecule has 0 bridgehead atoms. The number of nitrogens with zero attached hydrogens (tertiary/aromatic N) is 1. The van der Waals surface area contributed by atoms with E-state index in [0.29, 0.717) is 36.0 Å². The van der Waals surface area contributed by atoms with Crippen LogP contribution in [0, 0.1) is 5.82 Å². The standard InChI is InChI=1S/C20H24FN3O4/c1-14(25)22-16-6-9-19(27-3)18(12-16)23-20(26)13-24(2)10-11-28-17-7-4-15(21)5-8-17/h4-9,12H,10-11,13H2,1-3H3,(H,22,25)(H,23,26). The Hall–Kier alpha value is -3.13. The van der Waals surface area contributed by atoms with Crippen LogP contribution < -0.4 is 20.1 Å². The second-order valence-electron chi connectivity index (χ2n) is 6.18. The molecule has 0 saturated heterocycles. The van der Waals surface area contributed by atoms with Crippen LogP contribution in [0.1, 0.15) is 6.92 Å². The molecule has 2 amide bonds. The predicted octanol–water partition coefficient (Wildman–Crippen LogP) is 2.74. The minimum Gasteiger partial charge on any atom is -0.495 e. The van der Waals surface area contributed by atoms with E-state index in [-0.39, 0.29) is 24.2 Å². The van der Waals surface area contributed by atoms with Crippen molar-refractivity contribution in [2.75, 3.05) is 44.5 Å². The fraction of sp³-hybridized carbons (Fsp3) is 0.300. The first kappa shape index (κ1) is 21.2. The molecule has 0 unspecified atom stereocenters. The fourth-order valence-electron chi connectivity index (χ4n) is 2.45. The molecule has 150 valence electrons. The number of carbonyl (C=O) groups is 2. The van der Waals surface area contributed by atoms with Crippen molar-refractivity contribution >= 4 is 23.2 Å². The average molecular weight is 389 g/mol. The second-order valence-corrected chi connectivity index (χ2v) is 6.18. The summed E-state index contributed by atoms with van der Waals surface area (Å²) in [5, 5.41) is 5.44. The lowest BCUT2D eigenvalue weighted by Crippen LogP contribution is -2.33. The zero-order valence-corrected chi connectivity index (χ0v) is 16.1. The lowest BCUT2D eigenvalue weighted by Gasteiger charge is -2.18. The van der Waals surface area contributed by atoms with E-state index in [9.17, 15) is 14.0 Å². The number of hydrogen-bond donors (Lipinski definition) is 2. The summed E-state index contributed by atoms with van der Waals surface area (Å²) in [6.45, 7) is 2.41. The number of anilines is 2. The van der Waals surface area contributed by atoms with Crippen LogP contribution in [0.15, 0.2) is 42.5 Å². The summed E-state index contributed by atoms with van der Waals surface area (Å²) in [7, 11) is 3.29. The van der Waals surface area contributed by atoms with Gasteiger partial charge in [-0.3, -0.25) is 14.5 Å². The Labute approximate surface area is 163 Å². The smallest absolute Gasteiger partial charge is 0.238 e. The van der Waals surface area contributed by atoms with Crippen molar-refractivity contribution in [3.8, 4) is 11.5 Å². The molecule has 0 saturated carbocycles. The van der Waals surface area contributed by atoms with Gasteiger partial charge in [0.1, 0.15) is 23.9 Å². The number of methoxy groups -OCH3 is 1. The lowest BCUT2D eigenvalue weighted by molar-refractivity contribution is -0.117. The monoisotopic (exact) mass is 389 g/mol. The number of carbonyl (C=O) groups excluding carboxylic acids is 2. The average Bonchev–Trinajstić information content (AvgIpc) is 2.63. The Balaban J connectivity index is 1.84. The maximum atomic E-state index is 12.9. The van der Waals surface area contributed by atoms with Crippen LogP contribution in [0.5, 0.6) is 11.5 Å². The number of rotatable bonds is 9. The van der Waals surface area contributed by atoms with Gasteiger partial charge in [0.05, 0.1) is 19.3 Å². The van der Waals surface area contributed by atoms with Crippen LogP contribution >= 0.6 is 0 Å². The molecule has 0 aliphatic carbocycles. The number of likely N-dealkylation sites (N-methyl/N-ethyl adjacent to an activating group) is 1. The van der Waals surface area contributed by atoms with Crippen molar-refractivity contribution in [2.45, 2.75) is 6.92 Å². The lowest BCUT2D eigenvalue weighted by atomic mass is 10.2. The van der Waals surface area contributed by atoms with Crippen LogP contribution in [0.4, 0.5) is 15.8 Å². The van der Waals surface area contributed by atoms with E-state index in [1.165, 1.54) is 26.2 Å². The minimum absolute atomic E-state index is 0.139. The highest BCUT2D eigenvalue weighted by atomic mass is 19.1. The molecule has 2 aromatic carbocycles. The second kappa shape index (κ2) is 10.3. The van der Waals surface area contributed by atoms with E-state index in [0.717, 1.165) is 0 Å². The SMILES string of the molecule is COc1ccc(NC(C)=O)cc1NC(=O)CN(C)CCOc1ccc(F)cc1. The summed E-state index contributed by atoms with van der Waals surface area (Å²) >= 11 is 0. The van der Waals surface area contributed by atoms with Gasteiger partial charge in [0.15, 0.2) is 0 Å². The molecular formula is C20H24FN3O4. The first-order chi connectivity index (χ1) is 13.4. The van der Waals surface area contributed by atoms with Gasteiger partial charge in [-0.25, -0.2) is 4.39 Å². The largest absolute Gasteiger partial charge is 0.495 e. The Morgan fingerprint density at radius 2 is 1.82 bits per heavy atom. The Bertz CT molecular complexity index is 812. The van der Waals surface area contributed by atoms with Gasteiger partial charge in [0.2, 0.25) is 11.8 Å². The molecule has 0 fully saturated rings. The molecule has 0 aliphatic heterocycles. The summed E-state index contributed by atoms with van der Waals surface area (Å²) < 4.78 is 23.6. The third-order valence-electron chi connectivity index (χ3n) is 3.76. The van der Waals surface area contributed by atoms with Crippen molar-refractivity contribution in [2.24, 2.45) is 0 Å². The van der Waals surface area contributed by atoms with Gasteiger partial charge in [-0.2, -0.15) is 0 Å². The number of nitrogens with one attached hydrogen (secondary N) is 2. The number of amides is 2. The van der Waals surface area contributed by atoms with Crippen LogP contribution in [0.3, 0.4) is 0 Å². The summed E-state index contributed by atoms with van der Waals surface area (Å²) in [6, 6.07) is 10.8. The molecule has 7 nitrogen and oxygen atoms in total. The normalized spacial score (nSPS) is 10.5. The van der Waals surface area contributed by atoms with E-state index in [2.05, 4.69) is 10.6 Å². The Morgan fingerprint density at radius 1 is 1.11 bits per heavy atom. The molecule has 0 radical (unpaired) electrons. The highest BCUT2D eigenvalue weighted by Gasteiger charge is 2.11. The summed E-state index contributed by atoms with van der Waals surface area (Å²) in [6.07, 6.45) is 0. The van der Waals surface area contributed by atoms with E-state index in [1.54, 1.807) is 42.3 Å². The highest BCUT2D eigenvalue weighted by Crippen LogP contribution is 2.27. The predicted molar refractivity (Wildman–Crippen MR) is 105 cm³/mol. The molecule has 0 aromatic heterocycles. The first-order valence-corrected chi connectivity index (χ1v) is 8.70. The molecule has 8 heteroatoms. The molecular weight excluding hydrogens is 365 g/mol. The van der Waals surface area contributed by atoms with Gasteiger partial charge < -0.3 is 20.1 Å². The van der Waals surface area contributed by atoms with Gasteiger partial charge in [0, 0.05) is 19.2 Å². The summed E-state index contributed by atoms with van der Waals surface area (Å²) in [5.41, 5.74) is 1.03. The minimum atomic E-state index is -0.320. The van der Waals surface area contributed by atoms with E-state index < -0.39 is 0 Å². The third kappa shape index (κ3) is 6.88. The zero-order valence-electron chi connectivity index (χ0n) is 16.1. The summed E-state index contributed by atoms with van der Waals surface area (Å²) in [4.78, 5) is 25.3. The number of halogens is 1. The van der Waals surface area contributed by atoms with Gasteiger partial charge in [0.25, 0.3) is 0 Å². The van der Waals surface area contributed by atoms with Crippen LogP contribution in [-0.2, 0) is 9.59 Å². The maximum absolute atomic E-state index is 12.9. The molecule has 2 N–H and O–H groups in total. The molecule has 2 rings (SSSR count).